The lowest BCUT2D eigenvalue weighted by Gasteiger charge is -2.27. The molecule has 0 aromatic carbocycles. The SMILES string of the molecule is O=C1N=C2CC3=C(CC3)C(=O)C2=N1. The molecule has 0 radical (unpaired) electrons. The van der Waals surface area contributed by atoms with Crippen molar-refractivity contribution < 1.29 is 9.59 Å². The van der Waals surface area contributed by atoms with Crippen LogP contribution in [0, 0.1) is 0 Å². The number of carbonyl (C=O) groups is 2. The number of fused-ring (bicyclic) bond motifs is 1. The van der Waals surface area contributed by atoms with E-state index in [9.17, 15) is 9.59 Å². The van der Waals surface area contributed by atoms with Gasteiger partial charge in [-0.05, 0) is 12.8 Å². The first kappa shape index (κ1) is 6.88. The van der Waals surface area contributed by atoms with Crippen molar-refractivity contribution >= 4 is 23.2 Å². The monoisotopic (exact) mass is 174 g/mol. The normalized spacial score (nSPS) is 24.9. The third-order valence-corrected chi connectivity index (χ3v) is 2.68. The molecule has 4 nitrogen and oxygen atoms in total. The summed E-state index contributed by atoms with van der Waals surface area (Å²) in [4.78, 5) is 29.7. The van der Waals surface area contributed by atoms with E-state index >= 15 is 0 Å². The van der Waals surface area contributed by atoms with Crippen LogP contribution in [0.3, 0.4) is 0 Å². The van der Waals surface area contributed by atoms with E-state index in [1.807, 2.05) is 0 Å². The Morgan fingerprint density at radius 1 is 1.08 bits per heavy atom. The summed E-state index contributed by atoms with van der Waals surface area (Å²) in [7, 11) is 0. The number of nitrogens with zero attached hydrogens (tertiary/aromatic N) is 2. The van der Waals surface area contributed by atoms with Crippen molar-refractivity contribution in [1.82, 2.24) is 0 Å². The summed E-state index contributed by atoms with van der Waals surface area (Å²) in [5.41, 5.74) is 2.89. The molecule has 0 bridgehead atoms. The van der Waals surface area contributed by atoms with Crippen molar-refractivity contribution in [1.29, 1.82) is 0 Å². The highest BCUT2D eigenvalue weighted by atomic mass is 16.2. The maximum absolute atomic E-state index is 11.6. The molecule has 1 aliphatic heterocycles. The average Bonchev–Trinajstić information content (AvgIpc) is 2.39. The van der Waals surface area contributed by atoms with Gasteiger partial charge in [-0.25, -0.2) is 4.79 Å². The van der Waals surface area contributed by atoms with Crippen LogP contribution in [0.4, 0.5) is 4.79 Å². The highest BCUT2D eigenvalue weighted by Gasteiger charge is 2.37. The van der Waals surface area contributed by atoms with E-state index in [0.717, 1.165) is 24.0 Å². The number of rotatable bonds is 0. The highest BCUT2D eigenvalue weighted by Crippen LogP contribution is 2.36. The minimum Gasteiger partial charge on any atom is -0.287 e. The third kappa shape index (κ3) is 0.748. The van der Waals surface area contributed by atoms with Crippen LogP contribution >= 0.6 is 0 Å². The molecular formula is C9H6N2O2. The van der Waals surface area contributed by atoms with Crippen molar-refractivity contribution in [2.75, 3.05) is 0 Å². The van der Waals surface area contributed by atoms with Gasteiger partial charge in [0.1, 0.15) is 5.71 Å². The Balaban J connectivity index is 2.17. The first-order valence-corrected chi connectivity index (χ1v) is 4.22. The van der Waals surface area contributed by atoms with E-state index in [1.165, 1.54) is 0 Å². The molecule has 13 heavy (non-hydrogen) atoms. The minimum absolute atomic E-state index is 0.0721. The van der Waals surface area contributed by atoms with Crippen molar-refractivity contribution in [3.63, 3.8) is 0 Å². The second-order valence-electron chi connectivity index (χ2n) is 3.39. The Kier molecular flexibility index (Phi) is 1.07. The summed E-state index contributed by atoms with van der Waals surface area (Å²) in [5, 5.41) is 0. The number of hydrogen-bond acceptors (Lipinski definition) is 2. The summed E-state index contributed by atoms with van der Waals surface area (Å²) in [6.45, 7) is 0. The molecule has 64 valence electrons. The fourth-order valence-corrected chi connectivity index (χ4v) is 1.90. The van der Waals surface area contributed by atoms with Crippen LogP contribution in [0.5, 0.6) is 0 Å². The van der Waals surface area contributed by atoms with Gasteiger partial charge in [-0.15, -0.1) is 0 Å². The zero-order valence-corrected chi connectivity index (χ0v) is 6.83. The Bertz CT molecular complexity index is 441. The summed E-state index contributed by atoms with van der Waals surface area (Å²) < 4.78 is 0. The summed E-state index contributed by atoms with van der Waals surface area (Å²) in [6, 6.07) is -0.527. The fraction of sp³-hybridized carbons (Fsp3) is 0.333. The second-order valence-corrected chi connectivity index (χ2v) is 3.39. The number of ketones is 1. The standard InChI is InChI=1S/C9H6N2O2/c12-8-5-2-1-4(5)3-6-7(8)11-9(13)10-6/h1-3H2. The quantitative estimate of drug-likeness (QED) is 0.551. The molecule has 0 fully saturated rings. The van der Waals surface area contributed by atoms with E-state index in [4.69, 9.17) is 0 Å². The van der Waals surface area contributed by atoms with Gasteiger partial charge >= 0.3 is 6.03 Å². The van der Waals surface area contributed by atoms with Crippen LogP contribution in [-0.2, 0) is 4.79 Å². The predicted molar refractivity (Wildman–Crippen MR) is 46.2 cm³/mol. The van der Waals surface area contributed by atoms with Crippen LogP contribution in [0.15, 0.2) is 21.1 Å². The number of Topliss-reactive ketones (excluding diaryl/α,β-unsaturated/α-hetero) is 1. The lowest BCUT2D eigenvalue weighted by Crippen LogP contribution is -2.33. The number of urea groups is 1. The molecule has 3 rings (SSSR count). The number of aliphatic imine (C=N–C) groups is 2. The average molecular weight is 174 g/mol. The molecule has 2 aliphatic carbocycles. The molecule has 1 heterocycles. The third-order valence-electron chi connectivity index (χ3n) is 2.68. The van der Waals surface area contributed by atoms with Gasteiger partial charge in [-0.3, -0.25) is 4.79 Å². The Hall–Kier alpha value is -1.58. The summed E-state index contributed by atoms with van der Waals surface area (Å²) >= 11 is 0. The molecule has 0 saturated heterocycles. The van der Waals surface area contributed by atoms with Gasteiger partial charge in [0.05, 0.1) is 5.71 Å². The molecule has 0 saturated carbocycles. The number of hydrogen-bond donors (Lipinski definition) is 0. The predicted octanol–water partition coefficient (Wildman–Crippen LogP) is 1.07. The molecule has 2 amide bonds. The molecule has 0 N–H and O–H groups in total. The summed E-state index contributed by atoms with van der Waals surface area (Å²) in [6.07, 6.45) is 2.47. The molecule has 4 heteroatoms. The van der Waals surface area contributed by atoms with Gasteiger partial charge in [-0.1, -0.05) is 5.57 Å². The van der Waals surface area contributed by atoms with Crippen LogP contribution in [0.1, 0.15) is 19.3 Å². The first-order valence-electron chi connectivity index (χ1n) is 4.22. The Morgan fingerprint density at radius 3 is 2.62 bits per heavy atom. The number of amides is 2. The van der Waals surface area contributed by atoms with Gasteiger partial charge in [0.25, 0.3) is 0 Å². The van der Waals surface area contributed by atoms with E-state index < -0.39 is 6.03 Å². The van der Waals surface area contributed by atoms with Crippen molar-refractivity contribution in [3.05, 3.63) is 11.1 Å². The molecule has 0 unspecified atom stereocenters. The van der Waals surface area contributed by atoms with Crippen LogP contribution in [-0.4, -0.2) is 23.2 Å². The largest absolute Gasteiger partial charge is 0.368 e. The van der Waals surface area contributed by atoms with Crippen LogP contribution in [0.25, 0.3) is 0 Å². The van der Waals surface area contributed by atoms with E-state index in [1.54, 1.807) is 0 Å². The van der Waals surface area contributed by atoms with E-state index in [0.29, 0.717) is 17.8 Å². The maximum atomic E-state index is 11.6. The molecular weight excluding hydrogens is 168 g/mol. The van der Waals surface area contributed by atoms with E-state index in [2.05, 4.69) is 9.98 Å². The van der Waals surface area contributed by atoms with E-state index in [-0.39, 0.29) is 5.78 Å². The fourth-order valence-electron chi connectivity index (χ4n) is 1.90. The molecule has 0 aromatic rings. The molecule has 0 spiro atoms. The Labute approximate surface area is 74.1 Å². The lowest BCUT2D eigenvalue weighted by atomic mass is 9.76. The summed E-state index contributed by atoms with van der Waals surface area (Å²) in [5.74, 6) is -0.0721. The van der Waals surface area contributed by atoms with Crippen molar-refractivity contribution in [3.8, 4) is 0 Å². The van der Waals surface area contributed by atoms with Gasteiger partial charge in [0, 0.05) is 12.0 Å². The maximum Gasteiger partial charge on any atom is 0.368 e. The lowest BCUT2D eigenvalue weighted by molar-refractivity contribution is -0.110. The first-order chi connectivity index (χ1) is 6.25. The zero-order valence-electron chi connectivity index (χ0n) is 6.83. The topological polar surface area (TPSA) is 58.9 Å². The number of allylic oxidation sites excluding steroid dienone is 2. The van der Waals surface area contributed by atoms with Crippen LogP contribution in [0.2, 0.25) is 0 Å². The minimum atomic E-state index is -0.527. The van der Waals surface area contributed by atoms with Crippen molar-refractivity contribution in [2.24, 2.45) is 9.98 Å². The second kappa shape index (κ2) is 2.02. The highest BCUT2D eigenvalue weighted by molar-refractivity contribution is 6.74. The molecule has 0 aromatic heterocycles. The van der Waals surface area contributed by atoms with Gasteiger partial charge in [0.2, 0.25) is 5.78 Å². The zero-order chi connectivity index (χ0) is 9.00. The number of carbonyl (C=O) groups excluding carboxylic acids is 2. The molecule has 3 aliphatic rings. The molecule has 0 atom stereocenters. The Morgan fingerprint density at radius 2 is 1.92 bits per heavy atom. The van der Waals surface area contributed by atoms with Crippen LogP contribution < -0.4 is 0 Å². The smallest absolute Gasteiger partial charge is 0.287 e. The van der Waals surface area contributed by atoms with Gasteiger partial charge < -0.3 is 0 Å². The van der Waals surface area contributed by atoms with Crippen molar-refractivity contribution in [2.45, 2.75) is 19.3 Å². The van der Waals surface area contributed by atoms with Gasteiger partial charge in [-0.2, -0.15) is 9.98 Å². The van der Waals surface area contributed by atoms with Gasteiger partial charge in [0.15, 0.2) is 0 Å².